The second-order valence-electron chi connectivity index (χ2n) is 3.22. The van der Waals surface area contributed by atoms with Crippen LogP contribution in [0.3, 0.4) is 0 Å². The van der Waals surface area contributed by atoms with Crippen molar-refractivity contribution in [3.63, 3.8) is 0 Å². The average molecular weight is 200 g/mol. The number of phenolic OH excluding ortho intramolecular Hbond substituents is 1. The molecule has 0 unspecified atom stereocenters. The van der Waals surface area contributed by atoms with Crippen molar-refractivity contribution in [3.8, 4) is 22.6 Å². The monoisotopic (exact) mass is 200 g/mol. The maximum atomic E-state index is 9.63. The molecule has 2 nitrogen and oxygen atoms in total. The molecular weight excluding hydrogens is 188 g/mol. The third kappa shape index (κ3) is 1.79. The topological polar surface area (TPSA) is 29.5 Å². The second-order valence-corrected chi connectivity index (χ2v) is 3.22. The highest BCUT2D eigenvalue weighted by atomic mass is 16.5. The summed E-state index contributed by atoms with van der Waals surface area (Å²) in [6.07, 6.45) is 0. The predicted octanol–water partition coefficient (Wildman–Crippen LogP) is 3.07. The fourth-order valence-corrected chi connectivity index (χ4v) is 1.58. The first-order chi connectivity index (χ1) is 7.33. The van der Waals surface area contributed by atoms with Crippen LogP contribution in [0.1, 0.15) is 0 Å². The predicted molar refractivity (Wildman–Crippen MR) is 60.1 cm³/mol. The van der Waals surface area contributed by atoms with Crippen LogP contribution < -0.4 is 4.74 Å². The number of phenols is 1. The Hall–Kier alpha value is -1.96. The van der Waals surface area contributed by atoms with Gasteiger partial charge in [-0.2, -0.15) is 0 Å². The van der Waals surface area contributed by atoms with Crippen molar-refractivity contribution in [1.82, 2.24) is 0 Å². The highest BCUT2D eigenvalue weighted by Crippen LogP contribution is 2.36. The second kappa shape index (κ2) is 4.05. The smallest absolute Gasteiger partial charge is 0.168 e. The van der Waals surface area contributed by atoms with Gasteiger partial charge in [-0.05, 0) is 11.6 Å². The van der Waals surface area contributed by atoms with Crippen LogP contribution in [0.4, 0.5) is 0 Å². The summed E-state index contributed by atoms with van der Waals surface area (Å²) in [4.78, 5) is 0. The summed E-state index contributed by atoms with van der Waals surface area (Å²) in [5, 5.41) is 9.63. The normalized spacial score (nSPS) is 9.93. The molecule has 0 fully saturated rings. The van der Waals surface area contributed by atoms with Crippen LogP contribution in [0, 0.1) is 0 Å². The Kier molecular flexibility index (Phi) is 2.59. The lowest BCUT2D eigenvalue weighted by atomic mass is 10.0. The number of hydrogen-bond acceptors (Lipinski definition) is 2. The lowest BCUT2D eigenvalue weighted by molar-refractivity contribution is 0.375. The SMILES string of the molecule is COc1c(O)cccc1-c1ccccc1. The van der Waals surface area contributed by atoms with Crippen LogP contribution in [0.15, 0.2) is 48.5 Å². The Morgan fingerprint density at radius 2 is 1.67 bits per heavy atom. The molecule has 0 bridgehead atoms. The minimum Gasteiger partial charge on any atom is -0.504 e. The van der Waals surface area contributed by atoms with Crippen molar-refractivity contribution in [2.75, 3.05) is 7.11 Å². The number of rotatable bonds is 2. The van der Waals surface area contributed by atoms with E-state index in [0.29, 0.717) is 5.75 Å². The van der Waals surface area contributed by atoms with Gasteiger partial charge in [0, 0.05) is 5.56 Å². The fourth-order valence-electron chi connectivity index (χ4n) is 1.58. The Labute approximate surface area is 88.8 Å². The van der Waals surface area contributed by atoms with Gasteiger partial charge in [0.05, 0.1) is 7.11 Å². The molecule has 76 valence electrons. The summed E-state index contributed by atoms with van der Waals surface area (Å²) in [5.74, 6) is 0.683. The average Bonchev–Trinajstić information content (AvgIpc) is 2.30. The van der Waals surface area contributed by atoms with Crippen molar-refractivity contribution >= 4 is 0 Å². The van der Waals surface area contributed by atoms with Crippen LogP contribution in [0.25, 0.3) is 11.1 Å². The standard InChI is InChI=1S/C13H12O2/c1-15-13-11(8-5-9-12(13)14)10-6-3-2-4-7-10/h2-9,14H,1H3. The number of para-hydroxylation sites is 1. The van der Waals surface area contributed by atoms with E-state index >= 15 is 0 Å². The number of aromatic hydroxyl groups is 1. The summed E-state index contributed by atoms with van der Waals surface area (Å²) in [6, 6.07) is 15.2. The van der Waals surface area contributed by atoms with Gasteiger partial charge in [-0.15, -0.1) is 0 Å². The molecule has 0 radical (unpaired) electrons. The zero-order chi connectivity index (χ0) is 10.7. The highest BCUT2D eigenvalue weighted by molar-refractivity contribution is 5.73. The summed E-state index contributed by atoms with van der Waals surface area (Å²) >= 11 is 0. The first-order valence-corrected chi connectivity index (χ1v) is 4.74. The Morgan fingerprint density at radius 3 is 2.33 bits per heavy atom. The minimum absolute atomic E-state index is 0.166. The van der Waals surface area contributed by atoms with Crippen LogP contribution in [0.5, 0.6) is 11.5 Å². The third-order valence-corrected chi connectivity index (χ3v) is 2.28. The zero-order valence-electron chi connectivity index (χ0n) is 8.47. The van der Waals surface area contributed by atoms with Crippen LogP contribution >= 0.6 is 0 Å². The molecule has 0 aliphatic heterocycles. The minimum atomic E-state index is 0.166. The summed E-state index contributed by atoms with van der Waals surface area (Å²) < 4.78 is 5.18. The van der Waals surface area contributed by atoms with Gasteiger partial charge in [0.2, 0.25) is 0 Å². The molecule has 0 spiro atoms. The number of ether oxygens (including phenoxy) is 1. The fraction of sp³-hybridized carbons (Fsp3) is 0.0769. The van der Waals surface area contributed by atoms with E-state index < -0.39 is 0 Å². The summed E-state index contributed by atoms with van der Waals surface area (Å²) in [5.41, 5.74) is 1.93. The molecule has 0 aromatic heterocycles. The van der Waals surface area contributed by atoms with Gasteiger partial charge in [-0.1, -0.05) is 42.5 Å². The van der Waals surface area contributed by atoms with E-state index in [0.717, 1.165) is 11.1 Å². The Morgan fingerprint density at radius 1 is 0.933 bits per heavy atom. The first-order valence-electron chi connectivity index (χ1n) is 4.74. The van der Waals surface area contributed by atoms with Crippen LogP contribution in [-0.4, -0.2) is 12.2 Å². The van der Waals surface area contributed by atoms with Gasteiger partial charge in [-0.25, -0.2) is 0 Å². The molecular formula is C13H12O2. The van der Waals surface area contributed by atoms with E-state index in [1.165, 1.54) is 0 Å². The van der Waals surface area contributed by atoms with Crippen molar-refractivity contribution in [2.24, 2.45) is 0 Å². The largest absolute Gasteiger partial charge is 0.504 e. The van der Waals surface area contributed by atoms with Crippen LogP contribution in [-0.2, 0) is 0 Å². The molecule has 1 N–H and O–H groups in total. The van der Waals surface area contributed by atoms with Gasteiger partial charge < -0.3 is 9.84 Å². The molecule has 0 heterocycles. The zero-order valence-corrected chi connectivity index (χ0v) is 8.47. The van der Waals surface area contributed by atoms with Crippen molar-refractivity contribution < 1.29 is 9.84 Å². The number of benzene rings is 2. The molecule has 0 amide bonds. The molecule has 0 atom stereocenters. The van der Waals surface area contributed by atoms with Gasteiger partial charge in [0.1, 0.15) is 0 Å². The van der Waals surface area contributed by atoms with Crippen molar-refractivity contribution in [2.45, 2.75) is 0 Å². The van der Waals surface area contributed by atoms with E-state index in [9.17, 15) is 5.11 Å². The molecule has 2 rings (SSSR count). The van der Waals surface area contributed by atoms with Crippen molar-refractivity contribution in [3.05, 3.63) is 48.5 Å². The molecule has 2 aromatic carbocycles. The van der Waals surface area contributed by atoms with E-state index in [4.69, 9.17) is 4.74 Å². The maximum absolute atomic E-state index is 9.63. The van der Waals surface area contributed by atoms with E-state index in [1.54, 1.807) is 19.2 Å². The molecule has 2 heteroatoms. The molecule has 0 aliphatic rings. The van der Waals surface area contributed by atoms with E-state index in [-0.39, 0.29) is 5.75 Å². The van der Waals surface area contributed by atoms with E-state index in [2.05, 4.69) is 0 Å². The number of methoxy groups -OCH3 is 1. The van der Waals surface area contributed by atoms with Gasteiger partial charge in [0.25, 0.3) is 0 Å². The number of hydrogen-bond donors (Lipinski definition) is 1. The van der Waals surface area contributed by atoms with Gasteiger partial charge in [0.15, 0.2) is 11.5 Å². The quantitative estimate of drug-likeness (QED) is 0.807. The van der Waals surface area contributed by atoms with E-state index in [1.807, 2.05) is 36.4 Å². The Balaban J connectivity index is 2.58. The molecule has 2 aromatic rings. The molecule has 0 saturated carbocycles. The Bertz CT molecular complexity index is 449. The van der Waals surface area contributed by atoms with Gasteiger partial charge >= 0.3 is 0 Å². The van der Waals surface area contributed by atoms with Crippen LogP contribution in [0.2, 0.25) is 0 Å². The highest BCUT2D eigenvalue weighted by Gasteiger charge is 2.08. The summed E-state index contributed by atoms with van der Waals surface area (Å²) in [7, 11) is 1.56. The maximum Gasteiger partial charge on any atom is 0.168 e. The lowest BCUT2D eigenvalue weighted by Gasteiger charge is -2.09. The molecule has 0 aliphatic carbocycles. The lowest BCUT2D eigenvalue weighted by Crippen LogP contribution is -1.88. The molecule has 15 heavy (non-hydrogen) atoms. The summed E-state index contributed by atoms with van der Waals surface area (Å²) in [6.45, 7) is 0. The third-order valence-electron chi connectivity index (χ3n) is 2.28. The van der Waals surface area contributed by atoms with Gasteiger partial charge in [-0.3, -0.25) is 0 Å². The molecule has 0 saturated heterocycles. The van der Waals surface area contributed by atoms with Crippen molar-refractivity contribution in [1.29, 1.82) is 0 Å². The first kappa shape index (κ1) is 9.59.